The third-order valence-corrected chi connectivity index (χ3v) is 4.77. The molecule has 0 bridgehead atoms. The van der Waals surface area contributed by atoms with Crippen molar-refractivity contribution in [1.82, 2.24) is 10.2 Å². The molecule has 2 rings (SSSR count). The number of aliphatic hydroxyl groups excluding tert-OH is 1. The molecular formula is C17H26ClN3O2. The Hall–Kier alpha value is -1.30. The van der Waals surface area contributed by atoms with Gasteiger partial charge in [-0.15, -0.1) is 0 Å². The SMILES string of the molecule is Cc1c(Cl)cccc1NC(=O)NCC(O)CN1CCC(C)CC1. The number of likely N-dealkylation sites (tertiary alicyclic amines) is 1. The van der Waals surface area contributed by atoms with Gasteiger partial charge in [0, 0.05) is 23.8 Å². The summed E-state index contributed by atoms with van der Waals surface area (Å²) in [6.45, 7) is 6.99. The molecule has 1 atom stereocenters. The molecule has 0 aromatic heterocycles. The van der Waals surface area contributed by atoms with Crippen molar-refractivity contribution in [3.63, 3.8) is 0 Å². The molecule has 5 nitrogen and oxygen atoms in total. The topological polar surface area (TPSA) is 64.6 Å². The highest BCUT2D eigenvalue weighted by Crippen LogP contribution is 2.22. The highest BCUT2D eigenvalue weighted by atomic mass is 35.5. The van der Waals surface area contributed by atoms with Crippen molar-refractivity contribution < 1.29 is 9.90 Å². The minimum Gasteiger partial charge on any atom is -0.390 e. The Morgan fingerprint density at radius 1 is 1.43 bits per heavy atom. The van der Waals surface area contributed by atoms with Gasteiger partial charge in [0.15, 0.2) is 0 Å². The summed E-state index contributed by atoms with van der Waals surface area (Å²) in [5.74, 6) is 0.772. The molecule has 1 fully saturated rings. The summed E-state index contributed by atoms with van der Waals surface area (Å²) in [6.07, 6.45) is 1.79. The first-order valence-electron chi connectivity index (χ1n) is 8.16. The van der Waals surface area contributed by atoms with Crippen molar-refractivity contribution >= 4 is 23.3 Å². The Kier molecular flexibility index (Phi) is 6.69. The molecule has 128 valence electrons. The van der Waals surface area contributed by atoms with Crippen LogP contribution in [0.1, 0.15) is 25.3 Å². The summed E-state index contributed by atoms with van der Waals surface area (Å²) in [4.78, 5) is 14.2. The van der Waals surface area contributed by atoms with Crippen molar-refractivity contribution in [3.05, 3.63) is 28.8 Å². The first kappa shape index (κ1) is 18.0. The van der Waals surface area contributed by atoms with Crippen LogP contribution in [0, 0.1) is 12.8 Å². The average Bonchev–Trinajstić information content (AvgIpc) is 2.52. The Morgan fingerprint density at radius 3 is 2.83 bits per heavy atom. The van der Waals surface area contributed by atoms with E-state index in [-0.39, 0.29) is 12.6 Å². The lowest BCUT2D eigenvalue weighted by atomic mass is 9.99. The molecule has 0 saturated carbocycles. The summed E-state index contributed by atoms with van der Waals surface area (Å²) < 4.78 is 0. The van der Waals surface area contributed by atoms with Crippen LogP contribution in [-0.2, 0) is 0 Å². The zero-order valence-corrected chi connectivity index (χ0v) is 14.6. The molecule has 2 amide bonds. The number of hydrogen-bond acceptors (Lipinski definition) is 3. The van der Waals surface area contributed by atoms with Gasteiger partial charge in [0.05, 0.1) is 6.10 Å². The van der Waals surface area contributed by atoms with Crippen LogP contribution in [-0.4, -0.2) is 48.3 Å². The molecule has 3 N–H and O–H groups in total. The second-order valence-corrected chi connectivity index (χ2v) is 6.79. The van der Waals surface area contributed by atoms with Gasteiger partial charge in [0.25, 0.3) is 0 Å². The average molecular weight is 340 g/mol. The van der Waals surface area contributed by atoms with Gasteiger partial charge in [0.1, 0.15) is 0 Å². The maximum Gasteiger partial charge on any atom is 0.319 e. The van der Waals surface area contributed by atoms with Gasteiger partial charge in [-0.3, -0.25) is 0 Å². The van der Waals surface area contributed by atoms with Crippen molar-refractivity contribution in [2.24, 2.45) is 5.92 Å². The van der Waals surface area contributed by atoms with Crippen LogP contribution in [0.5, 0.6) is 0 Å². The van der Waals surface area contributed by atoms with E-state index >= 15 is 0 Å². The minimum absolute atomic E-state index is 0.234. The fraction of sp³-hybridized carbons (Fsp3) is 0.588. The minimum atomic E-state index is -0.561. The van der Waals surface area contributed by atoms with Crippen LogP contribution < -0.4 is 10.6 Å². The summed E-state index contributed by atoms with van der Waals surface area (Å²) in [6, 6.07) is 5.04. The number of β-amino-alcohol motifs (C(OH)–C–C–N with tert-alkyl or cyclic N) is 1. The standard InChI is InChI=1S/C17H26ClN3O2/c1-12-6-8-21(9-7-12)11-14(22)10-19-17(23)20-16-5-3-4-15(18)13(16)2/h3-5,12,14,22H,6-11H2,1-2H3,(H2,19,20,23). The van der Waals surface area contributed by atoms with E-state index in [2.05, 4.69) is 22.5 Å². The second kappa shape index (κ2) is 8.52. The van der Waals surface area contributed by atoms with Crippen molar-refractivity contribution in [3.8, 4) is 0 Å². The number of carbonyl (C=O) groups is 1. The van der Waals surface area contributed by atoms with Crippen LogP contribution in [0.15, 0.2) is 18.2 Å². The lowest BCUT2D eigenvalue weighted by Gasteiger charge is -2.31. The molecule has 0 radical (unpaired) electrons. The predicted molar refractivity (Wildman–Crippen MR) is 94.1 cm³/mol. The fourth-order valence-corrected chi connectivity index (χ4v) is 2.90. The number of urea groups is 1. The number of nitrogens with zero attached hydrogens (tertiary/aromatic N) is 1. The van der Waals surface area contributed by atoms with E-state index in [1.54, 1.807) is 18.2 Å². The van der Waals surface area contributed by atoms with Gasteiger partial charge in [-0.25, -0.2) is 4.79 Å². The zero-order valence-electron chi connectivity index (χ0n) is 13.8. The zero-order chi connectivity index (χ0) is 16.8. The molecule has 6 heteroatoms. The number of nitrogens with one attached hydrogen (secondary N) is 2. The number of benzene rings is 1. The summed E-state index contributed by atoms with van der Waals surface area (Å²) in [7, 11) is 0. The third kappa shape index (κ3) is 5.68. The molecule has 1 aliphatic rings. The van der Waals surface area contributed by atoms with Gasteiger partial charge in [-0.1, -0.05) is 24.6 Å². The highest BCUT2D eigenvalue weighted by molar-refractivity contribution is 6.31. The number of hydrogen-bond donors (Lipinski definition) is 3. The van der Waals surface area contributed by atoms with E-state index in [1.807, 2.05) is 6.92 Å². The van der Waals surface area contributed by atoms with Crippen molar-refractivity contribution in [2.45, 2.75) is 32.8 Å². The molecular weight excluding hydrogens is 314 g/mol. The van der Waals surface area contributed by atoms with E-state index < -0.39 is 6.10 Å². The molecule has 1 unspecified atom stereocenters. The van der Waals surface area contributed by atoms with Crippen LogP contribution in [0.3, 0.4) is 0 Å². The monoisotopic (exact) mass is 339 g/mol. The van der Waals surface area contributed by atoms with E-state index in [0.717, 1.165) is 24.6 Å². The van der Waals surface area contributed by atoms with E-state index in [4.69, 9.17) is 11.6 Å². The predicted octanol–water partition coefficient (Wildman–Crippen LogP) is 2.86. The quantitative estimate of drug-likeness (QED) is 0.773. The van der Waals surface area contributed by atoms with E-state index in [1.165, 1.54) is 12.8 Å². The second-order valence-electron chi connectivity index (χ2n) is 6.38. The number of halogens is 1. The molecule has 23 heavy (non-hydrogen) atoms. The van der Waals surface area contributed by atoms with Gasteiger partial charge in [0.2, 0.25) is 0 Å². The van der Waals surface area contributed by atoms with Crippen LogP contribution in [0.4, 0.5) is 10.5 Å². The van der Waals surface area contributed by atoms with Crippen LogP contribution in [0.25, 0.3) is 0 Å². The number of carbonyl (C=O) groups excluding carboxylic acids is 1. The van der Waals surface area contributed by atoms with Gasteiger partial charge >= 0.3 is 6.03 Å². The number of amides is 2. The summed E-state index contributed by atoms with van der Waals surface area (Å²) >= 11 is 6.03. The van der Waals surface area contributed by atoms with Gasteiger partial charge in [-0.2, -0.15) is 0 Å². The molecule has 1 aromatic rings. The maximum atomic E-state index is 11.9. The van der Waals surface area contributed by atoms with Gasteiger partial charge in [-0.05, 0) is 56.5 Å². The molecule has 0 spiro atoms. The Morgan fingerprint density at radius 2 is 2.13 bits per heavy atom. The Balaban J connectivity index is 1.72. The number of aliphatic hydroxyl groups is 1. The molecule has 0 aliphatic carbocycles. The first-order valence-corrected chi connectivity index (χ1v) is 8.54. The Bertz CT molecular complexity index is 531. The first-order chi connectivity index (χ1) is 11.0. The number of piperidine rings is 1. The van der Waals surface area contributed by atoms with Crippen LogP contribution in [0.2, 0.25) is 5.02 Å². The number of anilines is 1. The lowest BCUT2D eigenvalue weighted by Crippen LogP contribution is -2.43. The van der Waals surface area contributed by atoms with Crippen molar-refractivity contribution in [2.75, 3.05) is 31.5 Å². The molecule has 1 heterocycles. The van der Waals surface area contributed by atoms with Crippen molar-refractivity contribution in [1.29, 1.82) is 0 Å². The summed E-state index contributed by atoms with van der Waals surface area (Å²) in [5.41, 5.74) is 1.50. The fourth-order valence-electron chi connectivity index (χ4n) is 2.73. The normalized spacial score (nSPS) is 17.7. The third-order valence-electron chi connectivity index (χ3n) is 4.36. The lowest BCUT2D eigenvalue weighted by molar-refractivity contribution is 0.0924. The molecule has 1 saturated heterocycles. The smallest absolute Gasteiger partial charge is 0.319 e. The highest BCUT2D eigenvalue weighted by Gasteiger charge is 2.18. The number of rotatable bonds is 5. The van der Waals surface area contributed by atoms with E-state index in [9.17, 15) is 9.90 Å². The largest absolute Gasteiger partial charge is 0.390 e. The molecule has 1 aliphatic heterocycles. The maximum absolute atomic E-state index is 11.9. The molecule has 1 aromatic carbocycles. The van der Waals surface area contributed by atoms with Crippen LogP contribution >= 0.6 is 11.6 Å². The Labute approximate surface area is 143 Å². The van der Waals surface area contributed by atoms with Gasteiger partial charge < -0.3 is 20.6 Å². The van der Waals surface area contributed by atoms with E-state index in [0.29, 0.717) is 17.3 Å². The summed E-state index contributed by atoms with van der Waals surface area (Å²) in [5, 5.41) is 16.2.